The molecule has 4 nitrogen and oxygen atoms in total. The van der Waals surface area contributed by atoms with Crippen LogP contribution in [0.25, 0.3) is 0 Å². The van der Waals surface area contributed by atoms with E-state index in [0.29, 0.717) is 13.2 Å². The van der Waals surface area contributed by atoms with Crippen molar-refractivity contribution in [3.63, 3.8) is 0 Å². The highest BCUT2D eigenvalue weighted by atomic mass is 16.6. The standard InChI is InChI=1S/C10H17BNO3/c1-3-4-5-8(11-2)9(13)12-6-7-15-10(12)14/h8H,3-7H2,1-2H3. The molecule has 5 heteroatoms. The van der Waals surface area contributed by atoms with Crippen molar-refractivity contribution in [2.75, 3.05) is 13.2 Å². The van der Waals surface area contributed by atoms with E-state index in [2.05, 4.69) is 6.92 Å². The van der Waals surface area contributed by atoms with Crippen LogP contribution in [0.2, 0.25) is 12.6 Å². The number of ether oxygens (including phenoxy) is 1. The first-order valence-corrected chi connectivity index (χ1v) is 5.48. The molecule has 1 rings (SSSR count). The molecule has 0 aliphatic carbocycles. The van der Waals surface area contributed by atoms with Gasteiger partial charge >= 0.3 is 6.09 Å². The van der Waals surface area contributed by atoms with E-state index in [4.69, 9.17) is 4.74 Å². The molecule has 1 aliphatic heterocycles. The molecule has 1 heterocycles. The van der Waals surface area contributed by atoms with Crippen LogP contribution in [0, 0.1) is 0 Å². The van der Waals surface area contributed by atoms with Crippen LogP contribution < -0.4 is 0 Å². The molecule has 1 aliphatic rings. The van der Waals surface area contributed by atoms with Crippen molar-refractivity contribution >= 4 is 19.3 Å². The summed E-state index contributed by atoms with van der Waals surface area (Å²) in [5.41, 5.74) is 0. The van der Waals surface area contributed by atoms with Crippen molar-refractivity contribution in [2.45, 2.75) is 38.8 Å². The quantitative estimate of drug-likeness (QED) is 0.648. The first-order chi connectivity index (χ1) is 7.20. The summed E-state index contributed by atoms with van der Waals surface area (Å²) in [5.74, 6) is -0.260. The highest BCUT2D eigenvalue weighted by Crippen LogP contribution is 2.19. The monoisotopic (exact) mass is 210 g/mol. The van der Waals surface area contributed by atoms with Crippen molar-refractivity contribution in [1.29, 1.82) is 0 Å². The molecular weight excluding hydrogens is 193 g/mol. The van der Waals surface area contributed by atoms with Gasteiger partial charge in [0.05, 0.1) is 6.54 Å². The number of unbranched alkanes of at least 4 members (excludes halogenated alkanes) is 1. The lowest BCUT2D eigenvalue weighted by atomic mass is 9.64. The van der Waals surface area contributed by atoms with Crippen LogP contribution >= 0.6 is 0 Å². The van der Waals surface area contributed by atoms with Crippen LogP contribution in [0.15, 0.2) is 0 Å². The topological polar surface area (TPSA) is 46.6 Å². The molecule has 0 N–H and O–H groups in total. The first-order valence-electron chi connectivity index (χ1n) is 5.48. The summed E-state index contributed by atoms with van der Waals surface area (Å²) in [4.78, 5) is 24.3. The van der Waals surface area contributed by atoms with E-state index in [1.165, 1.54) is 4.90 Å². The van der Waals surface area contributed by atoms with Gasteiger partial charge < -0.3 is 4.74 Å². The molecule has 1 unspecified atom stereocenters. The summed E-state index contributed by atoms with van der Waals surface area (Å²) in [7, 11) is 1.86. The molecular formula is C10H17BNO3. The van der Waals surface area contributed by atoms with Gasteiger partial charge in [-0.3, -0.25) is 4.79 Å². The van der Waals surface area contributed by atoms with Gasteiger partial charge in [-0.2, -0.15) is 0 Å². The zero-order valence-corrected chi connectivity index (χ0v) is 9.36. The van der Waals surface area contributed by atoms with Crippen LogP contribution in [-0.2, 0) is 9.53 Å². The number of hydrogen-bond acceptors (Lipinski definition) is 3. The fourth-order valence-electron chi connectivity index (χ4n) is 1.65. The largest absolute Gasteiger partial charge is 0.447 e. The molecule has 1 fully saturated rings. The van der Waals surface area contributed by atoms with E-state index in [9.17, 15) is 9.59 Å². The second-order valence-electron chi connectivity index (χ2n) is 3.69. The normalized spacial score (nSPS) is 17.5. The van der Waals surface area contributed by atoms with Crippen molar-refractivity contribution in [3.8, 4) is 0 Å². The number of imide groups is 1. The van der Waals surface area contributed by atoms with Crippen LogP contribution in [0.5, 0.6) is 0 Å². The molecule has 0 bridgehead atoms. The summed E-state index contributed by atoms with van der Waals surface area (Å²) in [6.45, 7) is 4.67. The SMILES string of the molecule is C[B]C(CCCC)C(=O)N1CCOC1=O. The van der Waals surface area contributed by atoms with Crippen LogP contribution in [-0.4, -0.2) is 37.3 Å². The van der Waals surface area contributed by atoms with Gasteiger partial charge in [0.2, 0.25) is 5.91 Å². The Balaban J connectivity index is 2.51. The fraction of sp³-hybridized carbons (Fsp3) is 0.800. The van der Waals surface area contributed by atoms with Crippen molar-refractivity contribution in [2.24, 2.45) is 0 Å². The molecule has 83 valence electrons. The maximum atomic E-state index is 11.9. The molecule has 0 spiro atoms. The fourth-order valence-corrected chi connectivity index (χ4v) is 1.65. The van der Waals surface area contributed by atoms with Gasteiger partial charge in [-0.25, -0.2) is 9.69 Å². The van der Waals surface area contributed by atoms with E-state index in [-0.39, 0.29) is 11.7 Å². The Morgan fingerprint density at radius 3 is 2.87 bits per heavy atom. The Morgan fingerprint density at radius 1 is 1.67 bits per heavy atom. The van der Waals surface area contributed by atoms with Gasteiger partial charge in [-0.05, 0) is 6.42 Å². The van der Waals surface area contributed by atoms with E-state index in [1.54, 1.807) is 0 Å². The molecule has 0 aromatic heterocycles. The highest BCUT2D eigenvalue weighted by molar-refractivity contribution is 6.43. The van der Waals surface area contributed by atoms with E-state index >= 15 is 0 Å². The third kappa shape index (κ3) is 2.98. The first kappa shape index (κ1) is 12.1. The molecule has 1 atom stereocenters. The molecule has 0 aromatic rings. The Kier molecular flexibility index (Phi) is 4.65. The lowest BCUT2D eigenvalue weighted by Gasteiger charge is -2.18. The summed E-state index contributed by atoms with van der Waals surface area (Å²) >= 11 is 0. The van der Waals surface area contributed by atoms with E-state index in [1.807, 2.05) is 14.1 Å². The minimum atomic E-state index is -0.497. The van der Waals surface area contributed by atoms with Gasteiger partial charge in [0.25, 0.3) is 0 Å². The van der Waals surface area contributed by atoms with Crippen molar-refractivity contribution in [1.82, 2.24) is 4.90 Å². The number of carbonyl (C=O) groups excluding carboxylic acids is 2. The predicted octanol–water partition coefficient (Wildman–Crippen LogP) is 1.70. The number of carbonyl (C=O) groups is 2. The summed E-state index contributed by atoms with van der Waals surface area (Å²) in [6.07, 6.45) is 2.38. The van der Waals surface area contributed by atoms with Crippen LogP contribution in [0.4, 0.5) is 4.79 Å². The third-order valence-electron chi connectivity index (χ3n) is 2.62. The van der Waals surface area contributed by atoms with Gasteiger partial charge in [0.15, 0.2) is 0 Å². The molecule has 1 radical (unpaired) electrons. The lowest BCUT2D eigenvalue weighted by molar-refractivity contribution is -0.127. The molecule has 0 saturated carbocycles. The van der Waals surface area contributed by atoms with Crippen molar-refractivity contribution < 1.29 is 14.3 Å². The number of cyclic esters (lactones) is 1. The number of amides is 2. The second-order valence-corrected chi connectivity index (χ2v) is 3.69. The Bertz CT molecular complexity index is 245. The Labute approximate surface area is 91.2 Å². The molecule has 15 heavy (non-hydrogen) atoms. The zero-order valence-electron chi connectivity index (χ0n) is 9.36. The zero-order chi connectivity index (χ0) is 11.3. The van der Waals surface area contributed by atoms with E-state index < -0.39 is 6.09 Å². The minimum Gasteiger partial charge on any atom is -0.447 e. The Morgan fingerprint density at radius 2 is 2.40 bits per heavy atom. The maximum absolute atomic E-state index is 11.9. The van der Waals surface area contributed by atoms with Gasteiger partial charge in [-0.1, -0.05) is 26.6 Å². The number of hydrogen-bond donors (Lipinski definition) is 0. The smallest absolute Gasteiger partial charge is 0.416 e. The average molecular weight is 210 g/mol. The summed E-state index contributed by atoms with van der Waals surface area (Å²) in [5, 5.41) is 0. The van der Waals surface area contributed by atoms with Gasteiger partial charge in [0, 0.05) is 5.82 Å². The molecule has 2 amide bonds. The molecule has 0 aromatic carbocycles. The average Bonchev–Trinajstić information content (AvgIpc) is 2.65. The lowest BCUT2D eigenvalue weighted by Crippen LogP contribution is -2.35. The highest BCUT2D eigenvalue weighted by Gasteiger charge is 2.32. The van der Waals surface area contributed by atoms with Gasteiger partial charge in [-0.15, -0.1) is 0 Å². The minimum absolute atomic E-state index is 0.117. The molecule has 1 saturated heterocycles. The second kappa shape index (κ2) is 5.78. The summed E-state index contributed by atoms with van der Waals surface area (Å²) in [6, 6.07) is 0. The predicted molar refractivity (Wildman–Crippen MR) is 58.0 cm³/mol. The van der Waals surface area contributed by atoms with Crippen molar-refractivity contribution in [3.05, 3.63) is 0 Å². The van der Waals surface area contributed by atoms with Crippen LogP contribution in [0.1, 0.15) is 26.2 Å². The van der Waals surface area contributed by atoms with E-state index in [0.717, 1.165) is 19.3 Å². The summed E-state index contributed by atoms with van der Waals surface area (Å²) < 4.78 is 4.74. The van der Waals surface area contributed by atoms with Gasteiger partial charge in [0.1, 0.15) is 13.9 Å². The number of nitrogens with zero attached hydrogens (tertiary/aromatic N) is 1. The Hall–Kier alpha value is -0.995. The number of rotatable bonds is 5. The third-order valence-corrected chi connectivity index (χ3v) is 2.62. The van der Waals surface area contributed by atoms with Crippen LogP contribution in [0.3, 0.4) is 0 Å². The maximum Gasteiger partial charge on any atom is 0.416 e.